The molecule has 0 aliphatic heterocycles. The van der Waals surface area contributed by atoms with E-state index in [1.54, 1.807) is 6.07 Å². The first kappa shape index (κ1) is 13.8. The topological polar surface area (TPSA) is 67.2 Å². The zero-order valence-corrected chi connectivity index (χ0v) is 12.2. The van der Waals surface area contributed by atoms with E-state index in [0.29, 0.717) is 11.7 Å². The van der Waals surface area contributed by atoms with Gasteiger partial charge in [-0.15, -0.1) is 0 Å². The number of anilines is 2. The Bertz CT molecular complexity index is 687. The van der Waals surface area contributed by atoms with Crippen molar-refractivity contribution < 1.29 is 4.79 Å². The summed E-state index contributed by atoms with van der Waals surface area (Å²) in [5, 5.41) is 6.84. The van der Waals surface area contributed by atoms with Crippen LogP contribution in [0.2, 0.25) is 5.02 Å². The van der Waals surface area contributed by atoms with Crippen LogP contribution in [0.3, 0.4) is 0 Å². The number of carbonyl (C=O) groups is 1. The number of hydrogen-bond acceptors (Lipinski definition) is 2. The van der Waals surface area contributed by atoms with Gasteiger partial charge in [-0.2, -0.15) is 0 Å². The third-order valence-electron chi connectivity index (χ3n) is 3.60. The molecule has 4 nitrogen and oxygen atoms in total. The molecular weight excluding hydrogens is 286 g/mol. The molecular formula is C16H16ClN3O. The summed E-state index contributed by atoms with van der Waals surface area (Å²) in [7, 11) is 0. The Balaban J connectivity index is 1.70. The molecule has 0 saturated heterocycles. The Labute approximate surface area is 128 Å². The van der Waals surface area contributed by atoms with Crippen molar-refractivity contribution in [3.05, 3.63) is 58.6 Å². The molecule has 1 aliphatic carbocycles. The molecule has 1 atom stereocenters. The number of nitrogens with two attached hydrogens (primary N) is 1. The van der Waals surface area contributed by atoms with Crippen LogP contribution in [0.4, 0.5) is 16.2 Å². The van der Waals surface area contributed by atoms with Crippen molar-refractivity contribution >= 4 is 29.0 Å². The predicted octanol–water partition coefficient (Wildman–Crippen LogP) is 3.41. The van der Waals surface area contributed by atoms with E-state index < -0.39 is 6.03 Å². The summed E-state index contributed by atoms with van der Waals surface area (Å²) >= 11 is 6.03. The van der Waals surface area contributed by atoms with E-state index in [9.17, 15) is 4.79 Å². The van der Waals surface area contributed by atoms with Crippen LogP contribution in [0.15, 0.2) is 42.5 Å². The Hall–Kier alpha value is -2.20. The molecule has 0 aromatic heterocycles. The molecule has 2 amide bonds. The lowest BCUT2D eigenvalue weighted by Crippen LogP contribution is -2.21. The fourth-order valence-corrected chi connectivity index (χ4v) is 2.95. The van der Waals surface area contributed by atoms with E-state index in [1.807, 2.05) is 30.3 Å². The van der Waals surface area contributed by atoms with E-state index in [4.69, 9.17) is 17.3 Å². The maximum Gasteiger partial charge on any atom is 0.316 e. The lowest BCUT2D eigenvalue weighted by Gasteiger charge is -2.14. The number of urea groups is 1. The van der Waals surface area contributed by atoms with Gasteiger partial charge in [0.25, 0.3) is 0 Å². The molecule has 3 rings (SSSR count). The number of rotatable bonds is 3. The van der Waals surface area contributed by atoms with Crippen LogP contribution in [0.25, 0.3) is 0 Å². The van der Waals surface area contributed by atoms with Crippen molar-refractivity contribution in [3.8, 4) is 0 Å². The van der Waals surface area contributed by atoms with Crippen LogP contribution < -0.4 is 16.4 Å². The van der Waals surface area contributed by atoms with Gasteiger partial charge in [0.15, 0.2) is 0 Å². The first-order valence-electron chi connectivity index (χ1n) is 6.80. The number of hydrogen-bond donors (Lipinski definition) is 3. The number of halogens is 1. The second kappa shape index (κ2) is 5.66. The quantitative estimate of drug-likeness (QED) is 0.813. The van der Waals surface area contributed by atoms with Crippen molar-refractivity contribution in [2.75, 3.05) is 10.6 Å². The largest absolute Gasteiger partial charge is 0.382 e. The molecule has 0 fully saturated rings. The zero-order valence-electron chi connectivity index (χ0n) is 11.4. The van der Waals surface area contributed by atoms with Gasteiger partial charge in [0.2, 0.25) is 0 Å². The van der Waals surface area contributed by atoms with Gasteiger partial charge in [0, 0.05) is 22.4 Å². The Kier molecular flexibility index (Phi) is 3.71. The molecule has 5 heteroatoms. The smallest absolute Gasteiger partial charge is 0.316 e. The van der Waals surface area contributed by atoms with Crippen LogP contribution in [0, 0.1) is 0 Å². The van der Waals surface area contributed by atoms with Gasteiger partial charge in [-0.1, -0.05) is 23.7 Å². The van der Waals surface area contributed by atoms with Crippen LogP contribution in [-0.4, -0.2) is 12.1 Å². The molecule has 0 spiro atoms. The van der Waals surface area contributed by atoms with E-state index in [0.717, 1.165) is 23.6 Å². The Morgan fingerprint density at radius 3 is 2.67 bits per heavy atom. The number of nitrogens with one attached hydrogen (secondary N) is 2. The molecule has 0 radical (unpaired) electrons. The summed E-state index contributed by atoms with van der Waals surface area (Å²) in [6.45, 7) is 0. The first-order chi connectivity index (χ1) is 10.1. The van der Waals surface area contributed by atoms with Crippen molar-refractivity contribution in [2.24, 2.45) is 5.73 Å². The summed E-state index contributed by atoms with van der Waals surface area (Å²) in [4.78, 5) is 10.9. The van der Waals surface area contributed by atoms with E-state index in [2.05, 4.69) is 16.7 Å². The second-order valence-electron chi connectivity index (χ2n) is 5.23. The molecule has 2 aromatic carbocycles. The molecule has 108 valence electrons. The maximum absolute atomic E-state index is 10.9. The van der Waals surface area contributed by atoms with Gasteiger partial charge in [-0.25, -0.2) is 4.79 Å². The summed E-state index contributed by atoms with van der Waals surface area (Å²) in [6.07, 6.45) is 1.92. The highest BCUT2D eigenvalue weighted by Crippen LogP contribution is 2.27. The van der Waals surface area contributed by atoms with E-state index >= 15 is 0 Å². The maximum atomic E-state index is 10.9. The third kappa shape index (κ3) is 3.28. The minimum absolute atomic E-state index is 0.335. The molecule has 1 aliphatic rings. The number of carbonyl (C=O) groups excluding carboxylic acids is 1. The van der Waals surface area contributed by atoms with E-state index in [1.165, 1.54) is 11.1 Å². The standard InChI is InChI=1S/C16H16ClN3O/c17-12-5-4-10-7-15(8-11(10)6-12)19-13-2-1-3-14(9-13)20-16(18)21/h1-6,9,15,19H,7-8H2,(H3,18,20,21). The van der Waals surface area contributed by atoms with Gasteiger partial charge in [-0.05, 0) is 54.3 Å². The lowest BCUT2D eigenvalue weighted by atomic mass is 10.1. The molecule has 0 heterocycles. The van der Waals surface area contributed by atoms with E-state index in [-0.39, 0.29) is 0 Å². The molecule has 2 aromatic rings. The number of benzene rings is 2. The fourth-order valence-electron chi connectivity index (χ4n) is 2.75. The SMILES string of the molecule is NC(=O)Nc1cccc(NC2Cc3ccc(Cl)cc3C2)c1. The summed E-state index contributed by atoms with van der Waals surface area (Å²) in [6, 6.07) is 13.4. The summed E-state index contributed by atoms with van der Waals surface area (Å²) < 4.78 is 0. The van der Waals surface area contributed by atoms with Crippen molar-refractivity contribution in [2.45, 2.75) is 18.9 Å². The van der Waals surface area contributed by atoms with Crippen LogP contribution >= 0.6 is 11.6 Å². The van der Waals surface area contributed by atoms with Gasteiger partial charge in [0.1, 0.15) is 0 Å². The Morgan fingerprint density at radius 1 is 1.10 bits per heavy atom. The first-order valence-corrected chi connectivity index (χ1v) is 7.18. The highest BCUT2D eigenvalue weighted by Gasteiger charge is 2.21. The van der Waals surface area contributed by atoms with Crippen LogP contribution in [0.5, 0.6) is 0 Å². The van der Waals surface area contributed by atoms with Gasteiger partial charge < -0.3 is 16.4 Å². The van der Waals surface area contributed by atoms with Gasteiger partial charge >= 0.3 is 6.03 Å². The Morgan fingerprint density at radius 2 is 1.86 bits per heavy atom. The molecule has 4 N–H and O–H groups in total. The molecule has 1 unspecified atom stereocenters. The zero-order chi connectivity index (χ0) is 14.8. The second-order valence-corrected chi connectivity index (χ2v) is 5.67. The van der Waals surface area contributed by atoms with Crippen molar-refractivity contribution in [1.82, 2.24) is 0 Å². The highest BCUT2D eigenvalue weighted by molar-refractivity contribution is 6.30. The molecule has 21 heavy (non-hydrogen) atoms. The van der Waals surface area contributed by atoms with Crippen molar-refractivity contribution in [3.63, 3.8) is 0 Å². The minimum atomic E-state index is -0.560. The summed E-state index contributed by atoms with van der Waals surface area (Å²) in [5.41, 5.74) is 9.41. The highest BCUT2D eigenvalue weighted by atomic mass is 35.5. The van der Waals surface area contributed by atoms with Crippen LogP contribution in [0.1, 0.15) is 11.1 Å². The normalized spacial score (nSPS) is 16.3. The van der Waals surface area contributed by atoms with Crippen molar-refractivity contribution in [1.29, 1.82) is 0 Å². The monoisotopic (exact) mass is 301 g/mol. The predicted molar refractivity (Wildman–Crippen MR) is 85.9 cm³/mol. The molecule has 0 bridgehead atoms. The fraction of sp³-hybridized carbons (Fsp3) is 0.188. The lowest BCUT2D eigenvalue weighted by molar-refractivity contribution is 0.259. The van der Waals surface area contributed by atoms with Gasteiger partial charge in [0.05, 0.1) is 0 Å². The minimum Gasteiger partial charge on any atom is -0.382 e. The van der Waals surface area contributed by atoms with Gasteiger partial charge in [-0.3, -0.25) is 0 Å². The third-order valence-corrected chi connectivity index (χ3v) is 3.84. The molecule has 0 saturated carbocycles. The van der Waals surface area contributed by atoms with Crippen LogP contribution in [-0.2, 0) is 12.8 Å². The number of amides is 2. The average molecular weight is 302 g/mol. The number of fused-ring (bicyclic) bond motifs is 1. The average Bonchev–Trinajstić information content (AvgIpc) is 2.79. The summed E-state index contributed by atoms with van der Waals surface area (Å²) in [5.74, 6) is 0. The number of primary amides is 1.